The van der Waals surface area contributed by atoms with Crippen LogP contribution in [-0.4, -0.2) is 53.8 Å². The second-order valence-electron chi connectivity index (χ2n) is 7.31. The van der Waals surface area contributed by atoms with Crippen LogP contribution in [0.2, 0.25) is 0 Å². The second kappa shape index (κ2) is 8.42. The molecule has 1 saturated heterocycles. The maximum atomic E-state index is 13.3. The van der Waals surface area contributed by atoms with Gasteiger partial charge in [0, 0.05) is 17.7 Å². The number of non-ortho nitro benzene ring substituents is 1. The molecule has 9 heteroatoms. The Morgan fingerprint density at radius 3 is 2.47 bits per heavy atom. The predicted octanol–water partition coefficient (Wildman–Crippen LogP) is 1.30. The van der Waals surface area contributed by atoms with Crippen molar-refractivity contribution in [2.24, 2.45) is 0 Å². The number of rotatable bonds is 6. The standard InChI is InChI=1S/C21H20FN3O5/c1-23(2)10-11-24-18(14-4-3-5-16(12-14)25(29)30)17(20(27)21(24)28)19(26)13-6-8-15(22)9-7-13/h3-9,12,18,26H,10-11H2,1-2H3/p+1/t18-/m0/s1. The van der Waals surface area contributed by atoms with Crippen LogP contribution in [0.5, 0.6) is 0 Å². The minimum Gasteiger partial charge on any atom is -0.507 e. The monoisotopic (exact) mass is 414 g/mol. The van der Waals surface area contributed by atoms with E-state index < -0.39 is 34.2 Å². The van der Waals surface area contributed by atoms with Crippen molar-refractivity contribution in [1.29, 1.82) is 0 Å². The summed E-state index contributed by atoms with van der Waals surface area (Å²) in [4.78, 5) is 38.6. The third-order valence-electron chi connectivity index (χ3n) is 4.91. The highest BCUT2D eigenvalue weighted by molar-refractivity contribution is 6.46. The average molecular weight is 414 g/mol. The van der Waals surface area contributed by atoms with Crippen LogP contribution in [0, 0.1) is 15.9 Å². The van der Waals surface area contributed by atoms with Gasteiger partial charge >= 0.3 is 0 Å². The van der Waals surface area contributed by atoms with Crippen LogP contribution < -0.4 is 4.90 Å². The molecule has 0 aliphatic carbocycles. The minimum absolute atomic E-state index is 0.170. The number of likely N-dealkylation sites (tertiary alicyclic amines) is 1. The van der Waals surface area contributed by atoms with Crippen LogP contribution >= 0.6 is 0 Å². The first-order valence-electron chi connectivity index (χ1n) is 9.28. The molecule has 1 heterocycles. The van der Waals surface area contributed by atoms with E-state index in [4.69, 9.17) is 0 Å². The summed E-state index contributed by atoms with van der Waals surface area (Å²) in [5, 5.41) is 22.0. The number of nitrogens with zero attached hydrogens (tertiary/aromatic N) is 2. The van der Waals surface area contributed by atoms with Crippen molar-refractivity contribution >= 4 is 23.1 Å². The van der Waals surface area contributed by atoms with Crippen LogP contribution in [0.3, 0.4) is 0 Å². The highest BCUT2D eigenvalue weighted by Crippen LogP contribution is 2.39. The minimum atomic E-state index is -0.991. The van der Waals surface area contributed by atoms with E-state index in [0.717, 1.165) is 17.0 Å². The summed E-state index contributed by atoms with van der Waals surface area (Å²) in [5.74, 6) is -2.65. The van der Waals surface area contributed by atoms with Crippen molar-refractivity contribution in [3.05, 3.63) is 81.2 Å². The quantitative estimate of drug-likeness (QED) is 0.244. The zero-order valence-electron chi connectivity index (χ0n) is 16.5. The summed E-state index contributed by atoms with van der Waals surface area (Å²) in [5.41, 5.74) is 0.128. The van der Waals surface area contributed by atoms with Gasteiger partial charge in [-0.15, -0.1) is 0 Å². The lowest BCUT2D eigenvalue weighted by atomic mass is 9.95. The molecule has 1 aliphatic rings. The van der Waals surface area contributed by atoms with Crippen LogP contribution in [-0.2, 0) is 9.59 Å². The van der Waals surface area contributed by atoms with E-state index in [1.165, 1.54) is 35.2 Å². The molecule has 1 atom stereocenters. The number of likely N-dealkylation sites (N-methyl/N-ethyl adjacent to an activating group) is 1. The van der Waals surface area contributed by atoms with Crippen LogP contribution in [0.1, 0.15) is 17.2 Å². The van der Waals surface area contributed by atoms with Gasteiger partial charge in [-0.3, -0.25) is 19.7 Å². The average Bonchev–Trinajstić information content (AvgIpc) is 2.97. The molecule has 2 aromatic carbocycles. The number of carbonyl (C=O) groups excluding carboxylic acids is 2. The highest BCUT2D eigenvalue weighted by Gasteiger charge is 2.46. The zero-order chi connectivity index (χ0) is 22.0. The van der Waals surface area contributed by atoms with Gasteiger partial charge in [-0.05, 0) is 29.8 Å². The Labute approximate surface area is 172 Å². The van der Waals surface area contributed by atoms with E-state index in [9.17, 15) is 29.2 Å². The van der Waals surface area contributed by atoms with Crippen molar-refractivity contribution in [3.63, 3.8) is 0 Å². The van der Waals surface area contributed by atoms with Gasteiger partial charge < -0.3 is 14.9 Å². The first-order valence-corrected chi connectivity index (χ1v) is 9.28. The normalized spacial score (nSPS) is 18.3. The summed E-state index contributed by atoms with van der Waals surface area (Å²) in [6, 6.07) is 9.48. The first kappa shape index (κ1) is 21.1. The number of nitro groups is 1. The van der Waals surface area contributed by atoms with Crippen molar-refractivity contribution in [3.8, 4) is 0 Å². The Hall–Kier alpha value is -3.59. The molecule has 0 aromatic heterocycles. The number of benzene rings is 2. The number of hydrogen-bond donors (Lipinski definition) is 2. The van der Waals surface area contributed by atoms with E-state index in [-0.39, 0.29) is 23.4 Å². The number of Topliss-reactive ketones (excluding diaryl/α,β-unsaturated/α-hetero) is 1. The third-order valence-corrected chi connectivity index (χ3v) is 4.91. The molecule has 0 spiro atoms. The summed E-state index contributed by atoms with van der Waals surface area (Å²) >= 11 is 0. The molecule has 1 aliphatic heterocycles. The molecule has 0 unspecified atom stereocenters. The van der Waals surface area contributed by atoms with Crippen molar-refractivity contribution < 1.29 is 28.9 Å². The molecule has 3 rings (SSSR count). The zero-order valence-corrected chi connectivity index (χ0v) is 16.5. The molecule has 30 heavy (non-hydrogen) atoms. The molecule has 2 N–H and O–H groups in total. The number of ketones is 1. The van der Waals surface area contributed by atoms with Crippen LogP contribution in [0.4, 0.5) is 10.1 Å². The number of nitrogens with one attached hydrogen (secondary N) is 1. The Morgan fingerprint density at radius 1 is 1.20 bits per heavy atom. The van der Waals surface area contributed by atoms with E-state index in [1.807, 2.05) is 14.1 Å². The summed E-state index contributed by atoms with van der Waals surface area (Å²) in [7, 11) is 3.77. The number of amides is 1. The fourth-order valence-electron chi connectivity index (χ4n) is 3.37. The van der Waals surface area contributed by atoms with Gasteiger partial charge in [0.1, 0.15) is 11.6 Å². The molecule has 2 aromatic rings. The molecule has 156 valence electrons. The molecule has 0 radical (unpaired) electrons. The predicted molar refractivity (Wildman–Crippen MR) is 106 cm³/mol. The Kier molecular flexibility index (Phi) is 5.93. The van der Waals surface area contributed by atoms with E-state index in [2.05, 4.69) is 0 Å². The molecule has 0 saturated carbocycles. The van der Waals surface area contributed by atoms with Gasteiger partial charge in [0.15, 0.2) is 0 Å². The number of hydrogen-bond acceptors (Lipinski definition) is 5. The fourth-order valence-corrected chi connectivity index (χ4v) is 3.37. The largest absolute Gasteiger partial charge is 0.507 e. The number of quaternary nitrogens is 1. The summed E-state index contributed by atoms with van der Waals surface area (Å²) < 4.78 is 13.3. The number of aliphatic hydroxyl groups excluding tert-OH is 1. The molecule has 8 nitrogen and oxygen atoms in total. The Bertz CT molecular complexity index is 1030. The van der Waals surface area contributed by atoms with Gasteiger partial charge in [0.05, 0.1) is 43.7 Å². The molecule has 0 bridgehead atoms. The first-order chi connectivity index (χ1) is 14.2. The van der Waals surface area contributed by atoms with E-state index in [0.29, 0.717) is 12.1 Å². The van der Waals surface area contributed by atoms with Crippen LogP contribution in [0.15, 0.2) is 54.1 Å². The Morgan fingerprint density at radius 2 is 1.87 bits per heavy atom. The van der Waals surface area contributed by atoms with Crippen LogP contribution in [0.25, 0.3) is 5.76 Å². The lowest BCUT2D eigenvalue weighted by Gasteiger charge is -2.25. The molecule has 1 fully saturated rings. The van der Waals surface area contributed by atoms with Gasteiger partial charge in [-0.2, -0.15) is 0 Å². The smallest absolute Gasteiger partial charge is 0.295 e. The van der Waals surface area contributed by atoms with Gasteiger partial charge in [0.2, 0.25) is 0 Å². The third kappa shape index (κ3) is 4.06. The van der Waals surface area contributed by atoms with E-state index in [1.54, 1.807) is 6.07 Å². The lowest BCUT2D eigenvalue weighted by Crippen LogP contribution is -3.06. The molecular weight excluding hydrogens is 393 g/mol. The number of aliphatic hydroxyl groups is 1. The molecular formula is C21H21FN3O5+. The summed E-state index contributed by atoms with van der Waals surface area (Å²) in [6.07, 6.45) is 0. The van der Waals surface area contributed by atoms with Crippen molar-refractivity contribution in [1.82, 2.24) is 4.90 Å². The van der Waals surface area contributed by atoms with Gasteiger partial charge in [-0.25, -0.2) is 4.39 Å². The van der Waals surface area contributed by atoms with Gasteiger partial charge in [0.25, 0.3) is 17.4 Å². The van der Waals surface area contributed by atoms with Gasteiger partial charge in [-0.1, -0.05) is 12.1 Å². The van der Waals surface area contributed by atoms with Crippen molar-refractivity contribution in [2.75, 3.05) is 27.2 Å². The topological polar surface area (TPSA) is 105 Å². The highest BCUT2D eigenvalue weighted by atomic mass is 19.1. The second-order valence-corrected chi connectivity index (χ2v) is 7.31. The number of halogens is 1. The maximum Gasteiger partial charge on any atom is 0.295 e. The van der Waals surface area contributed by atoms with E-state index >= 15 is 0 Å². The number of carbonyl (C=O) groups is 2. The lowest BCUT2D eigenvalue weighted by molar-refractivity contribution is -0.857. The SMILES string of the molecule is C[NH+](C)CCN1C(=O)C(=O)C(=C(O)c2ccc(F)cc2)[C@@H]1c1cccc([N+](=O)[O-])c1. The maximum absolute atomic E-state index is 13.3. The number of nitro benzene ring substituents is 1. The van der Waals surface area contributed by atoms with Crippen molar-refractivity contribution in [2.45, 2.75) is 6.04 Å². The molecule has 1 amide bonds. The fraction of sp³-hybridized carbons (Fsp3) is 0.238. The Balaban J connectivity index is 2.17. The summed E-state index contributed by atoms with van der Waals surface area (Å²) in [6.45, 7) is 0.732.